The minimum absolute atomic E-state index is 0.0641. The van der Waals surface area contributed by atoms with Gasteiger partial charge in [0.2, 0.25) is 0 Å². The van der Waals surface area contributed by atoms with Gasteiger partial charge in [0.1, 0.15) is 5.75 Å². The summed E-state index contributed by atoms with van der Waals surface area (Å²) in [6, 6.07) is 10.1. The van der Waals surface area contributed by atoms with Gasteiger partial charge in [0, 0.05) is 16.8 Å². The van der Waals surface area contributed by atoms with Crippen LogP contribution in [0.3, 0.4) is 0 Å². The average molecular weight is 422 g/mol. The maximum atomic E-state index is 12.6. The first-order chi connectivity index (χ1) is 13.7. The van der Waals surface area contributed by atoms with E-state index >= 15 is 0 Å². The van der Waals surface area contributed by atoms with Crippen molar-refractivity contribution in [3.63, 3.8) is 0 Å². The lowest BCUT2D eigenvalue weighted by molar-refractivity contribution is -0.885. The summed E-state index contributed by atoms with van der Waals surface area (Å²) >= 11 is 5.82. The number of quaternary nitrogens is 1. The Labute approximate surface area is 172 Å². The zero-order valence-corrected chi connectivity index (χ0v) is 16.9. The van der Waals surface area contributed by atoms with Gasteiger partial charge in [-0.05, 0) is 37.3 Å². The predicted octanol–water partition coefficient (Wildman–Crippen LogP) is 1.74. The number of likely N-dealkylation sites (N-methyl/N-ethyl adjacent to an activating group) is 1. The van der Waals surface area contributed by atoms with Crippen LogP contribution in [0.5, 0.6) is 5.75 Å². The molecular weight excluding hydrogens is 400 g/mol. The van der Waals surface area contributed by atoms with Crippen LogP contribution in [0.4, 0.5) is 17.1 Å². The SMILES string of the molecule is COc1cc([N+](=O)[O-])ccc1NC(=O)[C@H](C)[NH+](C)CC(=O)Nc1ccc(Cl)cc1. The third-order valence-electron chi connectivity index (χ3n) is 4.35. The Hall–Kier alpha value is -3.17. The largest absolute Gasteiger partial charge is 0.494 e. The van der Waals surface area contributed by atoms with Crippen molar-refractivity contribution in [3.05, 3.63) is 57.6 Å². The Morgan fingerprint density at radius 2 is 1.86 bits per heavy atom. The summed E-state index contributed by atoms with van der Waals surface area (Å²) < 4.78 is 5.12. The van der Waals surface area contributed by atoms with Gasteiger partial charge in [-0.3, -0.25) is 19.7 Å². The second kappa shape index (κ2) is 9.85. The van der Waals surface area contributed by atoms with Crippen molar-refractivity contribution in [2.75, 3.05) is 31.3 Å². The number of methoxy groups -OCH3 is 1. The molecule has 154 valence electrons. The quantitative estimate of drug-likeness (QED) is 0.443. The molecule has 2 atom stereocenters. The fraction of sp³-hybridized carbons (Fsp3) is 0.263. The van der Waals surface area contributed by atoms with Crippen molar-refractivity contribution in [3.8, 4) is 5.75 Å². The molecule has 2 amide bonds. The van der Waals surface area contributed by atoms with Gasteiger partial charge in [0.05, 0.1) is 30.8 Å². The molecule has 2 rings (SSSR count). The van der Waals surface area contributed by atoms with Crippen LogP contribution in [0.2, 0.25) is 5.02 Å². The monoisotopic (exact) mass is 421 g/mol. The van der Waals surface area contributed by atoms with E-state index in [0.717, 1.165) is 0 Å². The summed E-state index contributed by atoms with van der Waals surface area (Å²) in [6.45, 7) is 1.74. The Morgan fingerprint density at radius 3 is 2.45 bits per heavy atom. The van der Waals surface area contributed by atoms with Crippen molar-refractivity contribution in [1.29, 1.82) is 0 Å². The molecule has 0 heterocycles. The molecule has 0 saturated heterocycles. The van der Waals surface area contributed by atoms with Crippen molar-refractivity contribution in [2.45, 2.75) is 13.0 Å². The molecule has 10 heteroatoms. The number of nitrogens with zero attached hydrogens (tertiary/aromatic N) is 1. The number of carbonyl (C=O) groups is 2. The predicted molar refractivity (Wildman–Crippen MR) is 110 cm³/mol. The summed E-state index contributed by atoms with van der Waals surface area (Å²) in [4.78, 5) is 35.7. The van der Waals surface area contributed by atoms with E-state index in [-0.39, 0.29) is 29.8 Å². The zero-order valence-electron chi connectivity index (χ0n) is 16.2. The first kappa shape index (κ1) is 22.1. The number of nitro benzene ring substituents is 1. The Balaban J connectivity index is 1.97. The molecule has 29 heavy (non-hydrogen) atoms. The second-order valence-electron chi connectivity index (χ2n) is 6.43. The summed E-state index contributed by atoms with van der Waals surface area (Å²) in [7, 11) is 3.08. The van der Waals surface area contributed by atoms with Crippen molar-refractivity contribution in [2.24, 2.45) is 0 Å². The maximum absolute atomic E-state index is 12.6. The number of rotatable bonds is 8. The van der Waals surface area contributed by atoms with E-state index in [2.05, 4.69) is 10.6 Å². The van der Waals surface area contributed by atoms with E-state index in [0.29, 0.717) is 21.3 Å². The van der Waals surface area contributed by atoms with Gasteiger partial charge in [-0.2, -0.15) is 0 Å². The number of halogens is 1. The van der Waals surface area contributed by atoms with Gasteiger partial charge in [-0.1, -0.05) is 11.6 Å². The molecule has 2 aromatic rings. The second-order valence-corrected chi connectivity index (χ2v) is 6.87. The number of amides is 2. The number of anilines is 2. The lowest BCUT2D eigenvalue weighted by atomic mass is 10.2. The van der Waals surface area contributed by atoms with Crippen LogP contribution >= 0.6 is 11.6 Å². The summed E-state index contributed by atoms with van der Waals surface area (Å²) in [6.07, 6.45) is 0. The number of non-ortho nitro benzene ring substituents is 1. The smallest absolute Gasteiger partial charge is 0.282 e. The number of hydrogen-bond acceptors (Lipinski definition) is 5. The lowest BCUT2D eigenvalue weighted by Crippen LogP contribution is -3.14. The Bertz CT molecular complexity index is 904. The molecule has 9 nitrogen and oxygen atoms in total. The standard InChI is InChI=1S/C19H21ClN4O5/c1-12(23(2)11-18(25)21-14-6-4-13(20)5-7-14)19(26)22-16-9-8-15(24(27)28)10-17(16)29-3/h4-10,12H,11H2,1-3H3,(H,21,25)(H,22,26)/p+1/t12-/m0/s1. The maximum Gasteiger partial charge on any atom is 0.282 e. The molecule has 0 aliphatic heterocycles. The molecule has 1 unspecified atom stereocenters. The zero-order chi connectivity index (χ0) is 21.6. The average Bonchev–Trinajstić information content (AvgIpc) is 2.69. The molecule has 0 aliphatic carbocycles. The summed E-state index contributed by atoms with van der Waals surface area (Å²) in [5.74, 6) is -0.427. The fourth-order valence-electron chi connectivity index (χ4n) is 2.51. The summed E-state index contributed by atoms with van der Waals surface area (Å²) in [5, 5.41) is 16.9. The molecule has 0 spiro atoms. The van der Waals surface area contributed by atoms with Crippen LogP contribution < -0.4 is 20.3 Å². The normalized spacial score (nSPS) is 12.6. The minimum atomic E-state index is -0.564. The van der Waals surface area contributed by atoms with Gasteiger partial charge >= 0.3 is 0 Å². The fourth-order valence-corrected chi connectivity index (χ4v) is 2.63. The van der Waals surface area contributed by atoms with E-state index in [1.54, 1.807) is 38.2 Å². The number of nitro groups is 1. The molecule has 0 aromatic heterocycles. The lowest BCUT2D eigenvalue weighted by Gasteiger charge is -2.21. The topological polar surface area (TPSA) is 115 Å². The molecule has 0 fully saturated rings. The van der Waals surface area contributed by atoms with E-state index in [4.69, 9.17) is 16.3 Å². The van der Waals surface area contributed by atoms with E-state index < -0.39 is 11.0 Å². The number of hydrogen-bond donors (Lipinski definition) is 3. The van der Waals surface area contributed by atoms with Crippen LogP contribution in [0.25, 0.3) is 0 Å². The molecule has 0 saturated carbocycles. The highest BCUT2D eigenvalue weighted by Crippen LogP contribution is 2.28. The summed E-state index contributed by atoms with van der Waals surface area (Å²) in [5.41, 5.74) is 0.780. The first-order valence-corrected chi connectivity index (χ1v) is 9.10. The number of nitrogens with one attached hydrogen (secondary N) is 3. The highest BCUT2D eigenvalue weighted by Gasteiger charge is 2.25. The Morgan fingerprint density at radius 1 is 1.21 bits per heavy atom. The van der Waals surface area contributed by atoms with Crippen LogP contribution in [0.1, 0.15) is 6.92 Å². The van der Waals surface area contributed by atoms with Gasteiger partial charge in [0.25, 0.3) is 17.5 Å². The number of ether oxygens (including phenoxy) is 1. The molecule has 0 radical (unpaired) electrons. The molecule has 0 aliphatic rings. The third kappa shape index (κ3) is 6.16. The van der Waals surface area contributed by atoms with Crippen LogP contribution in [-0.2, 0) is 9.59 Å². The van der Waals surface area contributed by atoms with Crippen LogP contribution in [0, 0.1) is 10.1 Å². The van der Waals surface area contributed by atoms with Gasteiger partial charge in [-0.15, -0.1) is 0 Å². The highest BCUT2D eigenvalue weighted by molar-refractivity contribution is 6.30. The first-order valence-electron chi connectivity index (χ1n) is 8.72. The third-order valence-corrected chi connectivity index (χ3v) is 4.61. The van der Waals surface area contributed by atoms with Crippen LogP contribution in [-0.4, -0.2) is 43.5 Å². The van der Waals surface area contributed by atoms with E-state index in [9.17, 15) is 19.7 Å². The van der Waals surface area contributed by atoms with Gasteiger partial charge < -0.3 is 20.3 Å². The van der Waals surface area contributed by atoms with E-state index in [1.807, 2.05) is 0 Å². The Kier molecular flexibility index (Phi) is 7.52. The minimum Gasteiger partial charge on any atom is -0.494 e. The van der Waals surface area contributed by atoms with Gasteiger partial charge in [-0.25, -0.2) is 0 Å². The number of benzene rings is 2. The molecule has 2 aromatic carbocycles. The van der Waals surface area contributed by atoms with Crippen molar-refractivity contribution < 1.29 is 24.1 Å². The van der Waals surface area contributed by atoms with Crippen LogP contribution in [0.15, 0.2) is 42.5 Å². The van der Waals surface area contributed by atoms with E-state index in [1.165, 1.54) is 25.3 Å². The number of carbonyl (C=O) groups excluding carboxylic acids is 2. The van der Waals surface area contributed by atoms with Crippen molar-refractivity contribution in [1.82, 2.24) is 0 Å². The highest BCUT2D eigenvalue weighted by atomic mass is 35.5. The molecular formula is C19H22ClN4O5+. The van der Waals surface area contributed by atoms with Crippen molar-refractivity contribution >= 4 is 40.5 Å². The molecule has 3 N–H and O–H groups in total. The van der Waals surface area contributed by atoms with Gasteiger partial charge in [0.15, 0.2) is 12.6 Å². The molecule has 0 bridgehead atoms.